The summed E-state index contributed by atoms with van der Waals surface area (Å²) in [6, 6.07) is 13.8. The minimum absolute atomic E-state index is 0.716. The predicted molar refractivity (Wildman–Crippen MR) is 91.3 cm³/mol. The Bertz CT molecular complexity index is 787. The molecule has 20 heavy (non-hydrogen) atoms. The van der Waals surface area contributed by atoms with Crippen LogP contribution in [0.2, 0.25) is 0 Å². The Balaban J connectivity index is 2.10. The molecular weight excluding hydrogens is 382 g/mol. The lowest BCUT2D eigenvalue weighted by molar-refractivity contribution is 1.38. The number of nitrogens with one attached hydrogen (secondary N) is 1. The predicted octanol–water partition coefficient (Wildman–Crippen LogP) is 5.09. The van der Waals surface area contributed by atoms with Gasteiger partial charge in [0, 0.05) is 31.9 Å². The van der Waals surface area contributed by atoms with Crippen LogP contribution in [0.25, 0.3) is 10.9 Å². The van der Waals surface area contributed by atoms with E-state index in [0.29, 0.717) is 5.69 Å². The van der Waals surface area contributed by atoms with Crippen LogP contribution in [0.1, 0.15) is 0 Å². The Labute approximate surface area is 133 Å². The maximum Gasteiger partial charge on any atom is 0.0958 e. The molecule has 0 unspecified atom stereocenters. The van der Waals surface area contributed by atoms with Crippen molar-refractivity contribution in [3.8, 4) is 0 Å². The van der Waals surface area contributed by atoms with E-state index in [-0.39, 0.29) is 0 Å². The van der Waals surface area contributed by atoms with Gasteiger partial charge in [-0.2, -0.15) is 0 Å². The van der Waals surface area contributed by atoms with Gasteiger partial charge in [0.15, 0.2) is 0 Å². The topological polar surface area (TPSA) is 50.9 Å². The number of nitrogens with zero attached hydrogens (tertiary/aromatic N) is 1. The molecule has 0 amide bonds. The molecule has 1 aromatic heterocycles. The normalized spacial score (nSPS) is 10.7. The molecule has 0 fully saturated rings. The van der Waals surface area contributed by atoms with Crippen molar-refractivity contribution in [2.75, 3.05) is 11.1 Å². The molecule has 0 spiro atoms. The summed E-state index contributed by atoms with van der Waals surface area (Å²) in [4.78, 5) is 4.46. The van der Waals surface area contributed by atoms with E-state index in [1.54, 1.807) is 6.20 Å². The van der Waals surface area contributed by atoms with Crippen LogP contribution < -0.4 is 11.1 Å². The maximum atomic E-state index is 6.02. The summed E-state index contributed by atoms with van der Waals surface area (Å²) in [7, 11) is 0. The third-order valence-electron chi connectivity index (χ3n) is 2.95. The van der Waals surface area contributed by atoms with Gasteiger partial charge in [-0.25, -0.2) is 0 Å². The standard InChI is InChI=1S/C15H11Br2N3/c16-9-2-1-3-11(6-9)20-14-5-4-13(18)12-7-10(17)8-19-15(12)14/h1-8,20H,18H2. The minimum Gasteiger partial charge on any atom is -0.398 e. The first-order valence-corrected chi connectivity index (χ1v) is 7.58. The quantitative estimate of drug-likeness (QED) is 0.597. The lowest BCUT2D eigenvalue weighted by Gasteiger charge is -2.11. The molecule has 0 saturated carbocycles. The number of hydrogen-bond donors (Lipinski definition) is 2. The second kappa shape index (κ2) is 5.42. The van der Waals surface area contributed by atoms with Crippen molar-refractivity contribution >= 4 is 59.8 Å². The first kappa shape index (κ1) is 13.4. The molecule has 3 nitrogen and oxygen atoms in total. The summed E-state index contributed by atoms with van der Waals surface area (Å²) in [6.07, 6.45) is 1.77. The molecule has 0 atom stereocenters. The smallest absolute Gasteiger partial charge is 0.0958 e. The van der Waals surface area contributed by atoms with Crippen LogP contribution >= 0.6 is 31.9 Å². The Morgan fingerprint density at radius 1 is 1.00 bits per heavy atom. The van der Waals surface area contributed by atoms with Crippen molar-refractivity contribution in [1.82, 2.24) is 4.98 Å². The summed E-state index contributed by atoms with van der Waals surface area (Å²) >= 11 is 6.89. The lowest BCUT2D eigenvalue weighted by Crippen LogP contribution is -1.96. The molecule has 1 heterocycles. The second-order valence-electron chi connectivity index (χ2n) is 4.39. The molecule has 0 aliphatic rings. The molecule has 100 valence electrons. The highest BCUT2D eigenvalue weighted by molar-refractivity contribution is 9.10. The summed E-state index contributed by atoms with van der Waals surface area (Å²) in [5.41, 5.74) is 9.51. The zero-order valence-corrected chi connectivity index (χ0v) is 13.6. The van der Waals surface area contributed by atoms with E-state index in [4.69, 9.17) is 5.73 Å². The molecule has 2 aromatic carbocycles. The molecule has 0 saturated heterocycles. The van der Waals surface area contributed by atoms with Gasteiger partial charge in [0.05, 0.1) is 11.2 Å². The number of aromatic nitrogens is 1. The summed E-state index contributed by atoms with van der Waals surface area (Å²) in [5.74, 6) is 0. The average molecular weight is 393 g/mol. The van der Waals surface area contributed by atoms with Crippen LogP contribution in [0.4, 0.5) is 17.1 Å². The van der Waals surface area contributed by atoms with Crippen LogP contribution in [0.15, 0.2) is 57.6 Å². The summed E-state index contributed by atoms with van der Waals surface area (Å²) < 4.78 is 1.94. The highest BCUT2D eigenvalue weighted by Gasteiger charge is 2.07. The fourth-order valence-electron chi connectivity index (χ4n) is 2.04. The van der Waals surface area contributed by atoms with Crippen LogP contribution in [0.5, 0.6) is 0 Å². The monoisotopic (exact) mass is 391 g/mol. The van der Waals surface area contributed by atoms with Crippen LogP contribution in [-0.2, 0) is 0 Å². The fraction of sp³-hybridized carbons (Fsp3) is 0. The van der Waals surface area contributed by atoms with Gasteiger partial charge in [-0.15, -0.1) is 0 Å². The molecule has 3 N–H and O–H groups in total. The first-order valence-electron chi connectivity index (χ1n) is 6.00. The second-order valence-corrected chi connectivity index (χ2v) is 6.22. The van der Waals surface area contributed by atoms with E-state index in [1.165, 1.54) is 0 Å². The van der Waals surface area contributed by atoms with Gasteiger partial charge in [0.1, 0.15) is 0 Å². The average Bonchev–Trinajstić information content (AvgIpc) is 2.42. The molecular formula is C15H11Br2N3. The Morgan fingerprint density at radius 3 is 2.65 bits per heavy atom. The molecule has 0 radical (unpaired) electrons. The number of benzene rings is 2. The zero-order chi connectivity index (χ0) is 14.1. The van der Waals surface area contributed by atoms with Gasteiger partial charge in [-0.3, -0.25) is 4.98 Å². The maximum absolute atomic E-state index is 6.02. The number of hydrogen-bond acceptors (Lipinski definition) is 3. The summed E-state index contributed by atoms with van der Waals surface area (Å²) in [5, 5.41) is 4.30. The molecule has 0 aliphatic heterocycles. The van der Waals surface area contributed by atoms with Crippen molar-refractivity contribution < 1.29 is 0 Å². The van der Waals surface area contributed by atoms with E-state index in [1.807, 2.05) is 42.5 Å². The van der Waals surface area contributed by atoms with Gasteiger partial charge in [0.2, 0.25) is 0 Å². The summed E-state index contributed by atoms with van der Waals surface area (Å²) in [6.45, 7) is 0. The number of halogens is 2. The number of nitrogens with two attached hydrogens (primary N) is 1. The minimum atomic E-state index is 0.716. The van der Waals surface area contributed by atoms with Crippen molar-refractivity contribution in [1.29, 1.82) is 0 Å². The molecule has 5 heteroatoms. The third-order valence-corrected chi connectivity index (χ3v) is 3.88. The number of nitrogen functional groups attached to an aromatic ring is 1. The van der Waals surface area contributed by atoms with Crippen LogP contribution in [-0.4, -0.2) is 4.98 Å². The van der Waals surface area contributed by atoms with Crippen LogP contribution in [0, 0.1) is 0 Å². The largest absolute Gasteiger partial charge is 0.398 e. The van der Waals surface area contributed by atoms with Gasteiger partial charge in [-0.05, 0) is 52.3 Å². The molecule has 0 bridgehead atoms. The van der Waals surface area contributed by atoms with Gasteiger partial charge >= 0.3 is 0 Å². The van der Waals surface area contributed by atoms with E-state index < -0.39 is 0 Å². The fourth-order valence-corrected chi connectivity index (χ4v) is 2.77. The number of pyridine rings is 1. The van der Waals surface area contributed by atoms with E-state index >= 15 is 0 Å². The van der Waals surface area contributed by atoms with Crippen LogP contribution in [0.3, 0.4) is 0 Å². The van der Waals surface area contributed by atoms with E-state index in [0.717, 1.165) is 31.2 Å². The molecule has 3 rings (SSSR count). The van der Waals surface area contributed by atoms with Crippen molar-refractivity contribution in [2.24, 2.45) is 0 Å². The van der Waals surface area contributed by atoms with Gasteiger partial charge in [-0.1, -0.05) is 22.0 Å². The Kier molecular flexibility index (Phi) is 3.63. The first-order chi connectivity index (χ1) is 9.63. The highest BCUT2D eigenvalue weighted by Crippen LogP contribution is 2.31. The Morgan fingerprint density at radius 2 is 1.85 bits per heavy atom. The van der Waals surface area contributed by atoms with Crippen molar-refractivity contribution in [3.05, 3.63) is 57.6 Å². The van der Waals surface area contributed by atoms with Gasteiger partial charge in [0.25, 0.3) is 0 Å². The number of rotatable bonds is 2. The Hall–Kier alpha value is -1.59. The molecule has 3 aromatic rings. The third kappa shape index (κ3) is 2.64. The van der Waals surface area contributed by atoms with E-state index in [2.05, 4.69) is 42.2 Å². The van der Waals surface area contributed by atoms with Crippen molar-refractivity contribution in [2.45, 2.75) is 0 Å². The highest BCUT2D eigenvalue weighted by atomic mass is 79.9. The molecule has 0 aliphatic carbocycles. The zero-order valence-electron chi connectivity index (χ0n) is 10.4. The SMILES string of the molecule is Nc1ccc(Nc2cccc(Br)c2)c2ncc(Br)cc12. The van der Waals surface area contributed by atoms with E-state index in [9.17, 15) is 0 Å². The number of anilines is 3. The van der Waals surface area contributed by atoms with Gasteiger partial charge < -0.3 is 11.1 Å². The van der Waals surface area contributed by atoms with Crippen molar-refractivity contribution in [3.63, 3.8) is 0 Å². The lowest BCUT2D eigenvalue weighted by atomic mass is 10.1. The number of fused-ring (bicyclic) bond motifs is 1.